The minimum Gasteiger partial charge on any atom is -0.459 e. The Balaban J connectivity index is 1.33. The van der Waals surface area contributed by atoms with E-state index in [-0.39, 0.29) is 11.9 Å². The van der Waals surface area contributed by atoms with E-state index in [0.29, 0.717) is 17.7 Å². The molecule has 186 valence electrons. The number of aromatic nitrogens is 2. The lowest BCUT2D eigenvalue weighted by atomic mass is 9.84. The largest absolute Gasteiger partial charge is 0.459 e. The Kier molecular flexibility index (Phi) is 7.09. The fourth-order valence-electron chi connectivity index (χ4n) is 5.81. The Bertz CT molecular complexity index is 1110. The quantitative estimate of drug-likeness (QED) is 0.426. The molecule has 0 radical (unpaired) electrons. The number of carbonyl (C=O) groups excluding carboxylic acids is 1. The SMILES string of the molecule is CCn1nc(C)c(CN2CCC(C(Cc3ccccc3)N(C(=O)c3ccco3)C3CC3)CC2)c1C. The van der Waals surface area contributed by atoms with E-state index < -0.39 is 0 Å². The Morgan fingerprint density at radius 3 is 2.43 bits per heavy atom. The maximum absolute atomic E-state index is 13.6. The molecule has 5 rings (SSSR count). The highest BCUT2D eigenvalue weighted by Crippen LogP contribution is 2.37. The molecular weight excluding hydrogens is 436 g/mol. The summed E-state index contributed by atoms with van der Waals surface area (Å²) >= 11 is 0. The molecule has 1 saturated carbocycles. The average molecular weight is 475 g/mol. The third kappa shape index (κ3) is 5.22. The predicted molar refractivity (Wildman–Crippen MR) is 137 cm³/mol. The second-order valence-electron chi connectivity index (χ2n) is 10.3. The smallest absolute Gasteiger partial charge is 0.290 e. The summed E-state index contributed by atoms with van der Waals surface area (Å²) < 4.78 is 7.66. The van der Waals surface area contributed by atoms with Crippen molar-refractivity contribution in [2.45, 2.75) is 78.0 Å². The van der Waals surface area contributed by atoms with Crippen molar-refractivity contribution in [2.24, 2.45) is 5.92 Å². The fraction of sp³-hybridized carbons (Fsp3) is 0.517. The molecule has 3 aromatic rings. The van der Waals surface area contributed by atoms with Gasteiger partial charge in [0, 0.05) is 36.4 Å². The van der Waals surface area contributed by atoms with Crippen molar-refractivity contribution in [3.8, 4) is 0 Å². The van der Waals surface area contributed by atoms with Crippen LogP contribution in [-0.2, 0) is 19.5 Å². The lowest BCUT2D eigenvalue weighted by molar-refractivity contribution is 0.0453. The van der Waals surface area contributed by atoms with Gasteiger partial charge in [-0.2, -0.15) is 5.10 Å². The summed E-state index contributed by atoms with van der Waals surface area (Å²) in [5.41, 5.74) is 5.12. The van der Waals surface area contributed by atoms with Crippen LogP contribution in [0.5, 0.6) is 0 Å². The van der Waals surface area contributed by atoms with Crippen LogP contribution in [0.4, 0.5) is 0 Å². The van der Waals surface area contributed by atoms with Gasteiger partial charge in [0.25, 0.3) is 5.91 Å². The lowest BCUT2D eigenvalue weighted by Crippen LogP contribution is -2.50. The van der Waals surface area contributed by atoms with Gasteiger partial charge in [0.1, 0.15) is 0 Å². The number of hydrogen-bond donors (Lipinski definition) is 0. The second-order valence-corrected chi connectivity index (χ2v) is 10.3. The molecule has 35 heavy (non-hydrogen) atoms. The van der Waals surface area contributed by atoms with Crippen LogP contribution < -0.4 is 0 Å². The number of furan rings is 1. The van der Waals surface area contributed by atoms with Crippen molar-refractivity contribution < 1.29 is 9.21 Å². The van der Waals surface area contributed by atoms with E-state index in [0.717, 1.165) is 64.0 Å². The van der Waals surface area contributed by atoms with Crippen LogP contribution in [0, 0.1) is 19.8 Å². The van der Waals surface area contributed by atoms with Gasteiger partial charge in [-0.05, 0) is 89.6 Å². The second kappa shape index (κ2) is 10.4. The molecule has 1 saturated heterocycles. The minimum absolute atomic E-state index is 0.0547. The van der Waals surface area contributed by atoms with Gasteiger partial charge in [0.05, 0.1) is 12.0 Å². The van der Waals surface area contributed by atoms with Crippen LogP contribution in [-0.4, -0.2) is 50.7 Å². The number of nitrogens with zero attached hydrogens (tertiary/aromatic N) is 4. The fourth-order valence-corrected chi connectivity index (χ4v) is 5.81. The molecule has 1 unspecified atom stereocenters. The number of rotatable bonds is 9. The lowest BCUT2D eigenvalue weighted by Gasteiger charge is -2.41. The van der Waals surface area contributed by atoms with Crippen LogP contribution in [0.3, 0.4) is 0 Å². The van der Waals surface area contributed by atoms with E-state index in [9.17, 15) is 4.79 Å². The topological polar surface area (TPSA) is 54.5 Å². The van der Waals surface area contributed by atoms with E-state index in [1.807, 2.05) is 6.07 Å². The number of likely N-dealkylation sites (tertiary alicyclic amines) is 1. The van der Waals surface area contributed by atoms with Gasteiger partial charge < -0.3 is 9.32 Å². The minimum atomic E-state index is 0.0547. The molecule has 6 heteroatoms. The van der Waals surface area contributed by atoms with Crippen molar-refractivity contribution >= 4 is 5.91 Å². The van der Waals surface area contributed by atoms with Crippen LogP contribution in [0.25, 0.3) is 0 Å². The van der Waals surface area contributed by atoms with E-state index >= 15 is 0 Å². The number of aryl methyl sites for hydroxylation is 2. The molecule has 1 amide bonds. The maximum atomic E-state index is 13.6. The zero-order valence-electron chi connectivity index (χ0n) is 21.3. The van der Waals surface area contributed by atoms with Gasteiger partial charge in [-0.25, -0.2) is 0 Å². The standard InChI is InChI=1S/C29H38N4O2/c1-4-32-22(3)26(21(2)30-32)20-31-16-14-24(15-17-31)27(19-23-9-6-5-7-10-23)33(25-12-13-25)29(34)28-11-8-18-35-28/h5-11,18,24-25,27H,4,12-17,19-20H2,1-3H3. The average Bonchev–Trinajstić information content (AvgIpc) is 3.48. The molecule has 2 aliphatic rings. The number of carbonyl (C=O) groups is 1. The van der Waals surface area contributed by atoms with E-state index in [1.165, 1.54) is 16.8 Å². The molecular formula is C29H38N4O2. The molecule has 2 aromatic heterocycles. The summed E-state index contributed by atoms with van der Waals surface area (Å²) in [6, 6.07) is 14.8. The van der Waals surface area contributed by atoms with Gasteiger partial charge >= 0.3 is 0 Å². The monoisotopic (exact) mass is 474 g/mol. The summed E-state index contributed by atoms with van der Waals surface area (Å²) in [6.45, 7) is 10.5. The van der Waals surface area contributed by atoms with E-state index in [2.05, 4.69) is 65.6 Å². The maximum Gasteiger partial charge on any atom is 0.290 e. The summed E-state index contributed by atoms with van der Waals surface area (Å²) in [7, 11) is 0. The first-order chi connectivity index (χ1) is 17.0. The molecule has 2 fully saturated rings. The van der Waals surface area contributed by atoms with Gasteiger partial charge in [-0.1, -0.05) is 30.3 Å². The van der Waals surface area contributed by atoms with Crippen molar-refractivity contribution in [1.29, 1.82) is 0 Å². The Hall–Kier alpha value is -2.86. The molecule has 1 aromatic carbocycles. The van der Waals surface area contributed by atoms with Crippen LogP contribution in [0.1, 0.15) is 65.7 Å². The molecule has 0 spiro atoms. The Morgan fingerprint density at radius 2 is 1.83 bits per heavy atom. The molecule has 1 aliphatic carbocycles. The zero-order valence-corrected chi connectivity index (χ0v) is 21.3. The van der Waals surface area contributed by atoms with Crippen LogP contribution in [0.2, 0.25) is 0 Å². The van der Waals surface area contributed by atoms with Crippen molar-refractivity contribution in [1.82, 2.24) is 19.6 Å². The zero-order chi connectivity index (χ0) is 24.4. The van der Waals surface area contributed by atoms with Crippen LogP contribution >= 0.6 is 0 Å². The number of hydrogen-bond acceptors (Lipinski definition) is 4. The first-order valence-corrected chi connectivity index (χ1v) is 13.2. The third-order valence-corrected chi connectivity index (χ3v) is 7.94. The van der Waals surface area contributed by atoms with Gasteiger partial charge in [-0.15, -0.1) is 0 Å². The first-order valence-electron chi connectivity index (χ1n) is 13.2. The third-order valence-electron chi connectivity index (χ3n) is 7.94. The summed E-state index contributed by atoms with van der Waals surface area (Å²) in [4.78, 5) is 18.3. The highest BCUT2D eigenvalue weighted by atomic mass is 16.3. The highest BCUT2D eigenvalue weighted by Gasteiger charge is 2.42. The van der Waals surface area contributed by atoms with Crippen molar-refractivity contribution in [2.75, 3.05) is 13.1 Å². The van der Waals surface area contributed by atoms with Gasteiger partial charge in [0.2, 0.25) is 0 Å². The Morgan fingerprint density at radius 1 is 1.09 bits per heavy atom. The molecule has 1 atom stereocenters. The Labute approximate surface area is 208 Å². The van der Waals surface area contributed by atoms with E-state index in [1.54, 1.807) is 12.3 Å². The van der Waals surface area contributed by atoms with Crippen molar-refractivity contribution in [3.63, 3.8) is 0 Å². The molecule has 1 aliphatic heterocycles. The van der Waals surface area contributed by atoms with E-state index in [4.69, 9.17) is 9.52 Å². The summed E-state index contributed by atoms with van der Waals surface area (Å²) in [5, 5.41) is 4.71. The molecule has 0 N–H and O–H groups in total. The normalized spacial score (nSPS) is 18.0. The number of benzene rings is 1. The number of amides is 1. The van der Waals surface area contributed by atoms with Crippen molar-refractivity contribution in [3.05, 3.63) is 77.0 Å². The van der Waals surface area contributed by atoms with Gasteiger partial charge in [-0.3, -0.25) is 14.4 Å². The molecule has 6 nitrogen and oxygen atoms in total. The van der Waals surface area contributed by atoms with Crippen LogP contribution in [0.15, 0.2) is 53.1 Å². The van der Waals surface area contributed by atoms with Gasteiger partial charge in [0.15, 0.2) is 5.76 Å². The summed E-state index contributed by atoms with van der Waals surface area (Å²) in [6.07, 6.45) is 6.90. The predicted octanol–water partition coefficient (Wildman–Crippen LogP) is 5.24. The summed E-state index contributed by atoms with van der Waals surface area (Å²) in [5.74, 6) is 0.997. The molecule has 0 bridgehead atoms. The number of piperidine rings is 1. The first kappa shape index (κ1) is 23.9. The molecule has 3 heterocycles. The highest BCUT2D eigenvalue weighted by molar-refractivity contribution is 5.92.